The van der Waals surface area contributed by atoms with Gasteiger partial charge in [-0.1, -0.05) is 0 Å². The third-order valence-corrected chi connectivity index (χ3v) is 1.34. The van der Waals surface area contributed by atoms with E-state index in [1.807, 2.05) is 0 Å². The lowest BCUT2D eigenvalue weighted by atomic mass is 10.9. The molecule has 0 aromatic carbocycles. The SMILES string of the molecule is [N-]=[N+]=C1N=NC(n2cnc(=[N+]=[N-])[nH]2)=N1. The second kappa shape index (κ2) is 2.98. The number of azo groups is 1. The van der Waals surface area contributed by atoms with Crippen molar-refractivity contribution in [1.82, 2.24) is 14.8 Å². The number of aliphatic imine (C=N–C) groups is 1. The molecule has 1 aliphatic rings. The lowest BCUT2D eigenvalue weighted by molar-refractivity contribution is -0.0790. The highest BCUT2D eigenvalue weighted by Crippen LogP contribution is 1.96. The molecule has 0 aliphatic carbocycles. The van der Waals surface area contributed by atoms with Crippen LogP contribution in [-0.2, 0) is 0 Å². The molecule has 10 heteroatoms. The molecule has 0 saturated heterocycles. The number of rotatable bonds is 0. The van der Waals surface area contributed by atoms with Crippen molar-refractivity contribution >= 4 is 11.9 Å². The number of aromatic amines is 1. The first kappa shape index (κ1) is 7.92. The average Bonchev–Trinajstić information content (AvgIpc) is 2.86. The molecule has 1 aliphatic heterocycles. The number of aromatic nitrogens is 3. The highest BCUT2D eigenvalue weighted by molar-refractivity contribution is 5.97. The van der Waals surface area contributed by atoms with Crippen molar-refractivity contribution in [3.05, 3.63) is 23.0 Å². The third kappa shape index (κ3) is 1.18. The number of H-pyrrole nitrogens is 1. The Morgan fingerprint density at radius 2 is 2.14 bits per heavy atom. The minimum Gasteiger partial charge on any atom is -0.542 e. The summed E-state index contributed by atoms with van der Waals surface area (Å²) in [5.74, 6) is -0.0372. The van der Waals surface area contributed by atoms with Crippen LogP contribution < -0.4 is 5.62 Å². The predicted octanol–water partition coefficient (Wildman–Crippen LogP) is -1.40. The minimum atomic E-state index is -0.162. The number of hydrogen-bond acceptors (Lipinski definition) is 2. The summed E-state index contributed by atoms with van der Waals surface area (Å²) in [6.45, 7) is 0. The third-order valence-electron chi connectivity index (χ3n) is 1.34. The van der Waals surface area contributed by atoms with Crippen molar-refractivity contribution in [2.24, 2.45) is 15.2 Å². The average molecular weight is 190 g/mol. The smallest absolute Gasteiger partial charge is 0.532 e. The van der Waals surface area contributed by atoms with Gasteiger partial charge in [0.15, 0.2) is 0 Å². The van der Waals surface area contributed by atoms with E-state index in [1.54, 1.807) is 0 Å². The van der Waals surface area contributed by atoms with Crippen molar-refractivity contribution < 1.29 is 9.58 Å². The van der Waals surface area contributed by atoms with Crippen molar-refractivity contribution in [3.8, 4) is 0 Å². The monoisotopic (exact) mass is 190 g/mol. The number of hydrogen-bond donors (Lipinski definition) is 1. The molecule has 2 rings (SSSR count). The quantitative estimate of drug-likeness (QED) is 0.389. The van der Waals surface area contributed by atoms with Gasteiger partial charge < -0.3 is 20.6 Å². The zero-order chi connectivity index (χ0) is 9.97. The lowest BCUT2D eigenvalue weighted by Gasteiger charge is -1.80. The Labute approximate surface area is 75.5 Å². The van der Waals surface area contributed by atoms with E-state index in [0.29, 0.717) is 0 Å². The number of nitrogens with zero attached hydrogens (tertiary/aromatic N) is 9. The first-order chi connectivity index (χ1) is 6.83. The highest BCUT2D eigenvalue weighted by atomic mass is 15.5. The molecule has 2 heterocycles. The normalized spacial score (nSPS) is 13.7. The Balaban J connectivity index is 2.48. The van der Waals surface area contributed by atoms with E-state index in [1.165, 1.54) is 11.0 Å². The van der Waals surface area contributed by atoms with Crippen LogP contribution in [0.1, 0.15) is 0 Å². The standard InChI is InChI=1S/C4H2N10/c5-9-2-7-1-14(13-2)4-8-3(10-6)11-12-4/h1,13H. The van der Waals surface area contributed by atoms with Gasteiger partial charge in [-0.3, -0.25) is 0 Å². The van der Waals surface area contributed by atoms with Gasteiger partial charge in [0.2, 0.25) is 6.33 Å². The molecule has 1 aromatic heterocycles. The molecule has 0 saturated carbocycles. The molecule has 14 heavy (non-hydrogen) atoms. The molecule has 1 N–H and O–H groups in total. The zero-order valence-electron chi connectivity index (χ0n) is 6.60. The Morgan fingerprint density at radius 1 is 1.29 bits per heavy atom. The van der Waals surface area contributed by atoms with E-state index in [9.17, 15) is 0 Å². The summed E-state index contributed by atoms with van der Waals surface area (Å²) in [4.78, 5) is 12.9. The molecular weight excluding hydrogens is 188 g/mol. The van der Waals surface area contributed by atoms with Crippen LogP contribution in [0.3, 0.4) is 0 Å². The molecule has 0 radical (unpaired) electrons. The van der Waals surface area contributed by atoms with E-state index in [2.05, 4.69) is 34.9 Å². The van der Waals surface area contributed by atoms with Gasteiger partial charge in [0.1, 0.15) is 0 Å². The van der Waals surface area contributed by atoms with Crippen LogP contribution in [0.2, 0.25) is 0 Å². The van der Waals surface area contributed by atoms with Crippen LogP contribution in [0.4, 0.5) is 0 Å². The highest BCUT2D eigenvalue weighted by Gasteiger charge is 2.23. The molecule has 0 bridgehead atoms. The van der Waals surface area contributed by atoms with Gasteiger partial charge in [0.25, 0.3) is 0 Å². The fourth-order valence-electron chi connectivity index (χ4n) is 0.796. The van der Waals surface area contributed by atoms with E-state index >= 15 is 0 Å². The van der Waals surface area contributed by atoms with Gasteiger partial charge in [-0.2, -0.15) is 5.10 Å². The molecule has 0 spiro atoms. The van der Waals surface area contributed by atoms with Crippen molar-refractivity contribution in [2.45, 2.75) is 0 Å². The number of nitrogens with one attached hydrogen (secondary N) is 1. The summed E-state index contributed by atoms with van der Waals surface area (Å²) in [5, 5.41) is 9.48. The lowest BCUT2D eigenvalue weighted by Crippen LogP contribution is -2.14. The fraction of sp³-hybridized carbons (Fsp3) is 0. The zero-order valence-corrected chi connectivity index (χ0v) is 6.60. The molecule has 1 aromatic rings. The molecule has 0 atom stereocenters. The summed E-state index contributed by atoms with van der Waals surface area (Å²) >= 11 is 0. The Bertz CT molecular complexity index is 555. The fourth-order valence-corrected chi connectivity index (χ4v) is 0.796. The van der Waals surface area contributed by atoms with E-state index < -0.39 is 0 Å². The van der Waals surface area contributed by atoms with Gasteiger partial charge in [0.05, 0.1) is 5.11 Å². The molecule has 0 fully saturated rings. The van der Waals surface area contributed by atoms with Crippen LogP contribution in [0, 0.1) is 0 Å². The molecule has 0 amide bonds. The van der Waals surface area contributed by atoms with Crippen molar-refractivity contribution in [2.75, 3.05) is 0 Å². The maximum Gasteiger partial charge on any atom is 0.532 e. The van der Waals surface area contributed by atoms with Crippen LogP contribution in [0.5, 0.6) is 0 Å². The van der Waals surface area contributed by atoms with Gasteiger partial charge in [-0.05, 0) is 15.1 Å². The Kier molecular flexibility index (Phi) is 1.68. The van der Waals surface area contributed by atoms with Crippen LogP contribution >= 0.6 is 0 Å². The van der Waals surface area contributed by atoms with Crippen LogP contribution in [0.15, 0.2) is 21.5 Å². The Hall–Kier alpha value is -2.70. The van der Waals surface area contributed by atoms with E-state index in [4.69, 9.17) is 11.1 Å². The molecule has 68 valence electrons. The first-order valence-corrected chi connectivity index (χ1v) is 3.38. The summed E-state index contributed by atoms with van der Waals surface area (Å²) in [7, 11) is 0. The Morgan fingerprint density at radius 3 is 2.71 bits per heavy atom. The maximum atomic E-state index is 8.35. The van der Waals surface area contributed by atoms with Gasteiger partial charge in [-0.25, -0.2) is 0 Å². The predicted molar refractivity (Wildman–Crippen MR) is 39.6 cm³/mol. The second-order valence-corrected chi connectivity index (χ2v) is 2.16. The molecule has 0 unspecified atom stereocenters. The summed E-state index contributed by atoms with van der Waals surface area (Å²) < 4.78 is 1.25. The van der Waals surface area contributed by atoms with Crippen molar-refractivity contribution in [3.63, 3.8) is 0 Å². The van der Waals surface area contributed by atoms with Crippen LogP contribution in [0.25, 0.3) is 11.1 Å². The summed E-state index contributed by atoms with van der Waals surface area (Å²) in [6.07, 6.45) is 1.28. The molecule has 10 nitrogen and oxygen atoms in total. The molecular formula is C4H2N10. The number of guanidine groups is 1. The van der Waals surface area contributed by atoms with Gasteiger partial charge in [-0.15, -0.1) is 4.68 Å². The first-order valence-electron chi connectivity index (χ1n) is 3.38. The second-order valence-electron chi connectivity index (χ2n) is 2.16. The minimum absolute atomic E-state index is 0.00251. The maximum absolute atomic E-state index is 8.35. The summed E-state index contributed by atoms with van der Waals surface area (Å²) in [5.41, 5.74) is 16.7. The largest absolute Gasteiger partial charge is 0.542 e. The van der Waals surface area contributed by atoms with E-state index in [0.717, 1.165) is 0 Å². The topological polar surface area (TPSA) is 143 Å². The van der Waals surface area contributed by atoms with Crippen molar-refractivity contribution in [1.29, 1.82) is 0 Å². The van der Waals surface area contributed by atoms with Crippen LogP contribution in [-0.4, -0.2) is 36.3 Å². The van der Waals surface area contributed by atoms with Gasteiger partial charge >= 0.3 is 17.5 Å². The van der Waals surface area contributed by atoms with E-state index in [-0.39, 0.29) is 17.5 Å². The summed E-state index contributed by atoms with van der Waals surface area (Å²) in [6, 6.07) is 0. The van der Waals surface area contributed by atoms with Gasteiger partial charge in [0, 0.05) is 0 Å².